The van der Waals surface area contributed by atoms with Crippen molar-refractivity contribution in [3.63, 3.8) is 0 Å². The summed E-state index contributed by atoms with van der Waals surface area (Å²) in [5, 5.41) is 20.1. The van der Waals surface area contributed by atoms with Crippen molar-refractivity contribution in [2.24, 2.45) is 0 Å². The van der Waals surface area contributed by atoms with Gasteiger partial charge in [0, 0.05) is 23.8 Å². The Bertz CT molecular complexity index is 865. The SMILES string of the molecule is O=C1CCc2cc(Nc3ncc([N+](=O)[O-])c(NC4CC4)n3)ccc2N1. The number of nitro groups is 1. The number of rotatable bonds is 5. The molecule has 1 fully saturated rings. The zero-order chi connectivity index (χ0) is 17.4. The fourth-order valence-electron chi connectivity index (χ4n) is 2.69. The Balaban J connectivity index is 1.58. The van der Waals surface area contributed by atoms with Crippen LogP contribution in [-0.2, 0) is 11.2 Å². The number of amides is 1. The van der Waals surface area contributed by atoms with Gasteiger partial charge in [-0.3, -0.25) is 14.9 Å². The molecule has 2 heterocycles. The molecule has 0 radical (unpaired) electrons. The number of aromatic nitrogens is 2. The van der Waals surface area contributed by atoms with Gasteiger partial charge in [-0.2, -0.15) is 4.98 Å². The van der Waals surface area contributed by atoms with Gasteiger partial charge in [0.05, 0.1) is 4.92 Å². The normalized spacial score (nSPS) is 15.9. The van der Waals surface area contributed by atoms with E-state index in [1.54, 1.807) is 0 Å². The number of nitrogens with zero attached hydrogens (tertiary/aromatic N) is 3. The second-order valence-electron chi connectivity index (χ2n) is 6.15. The molecule has 1 aliphatic carbocycles. The first-order valence-corrected chi connectivity index (χ1v) is 8.06. The van der Waals surface area contributed by atoms with Crippen molar-refractivity contribution in [3.05, 3.63) is 40.1 Å². The first-order valence-electron chi connectivity index (χ1n) is 8.06. The molecule has 1 aliphatic heterocycles. The van der Waals surface area contributed by atoms with Crippen LogP contribution in [0.25, 0.3) is 0 Å². The highest BCUT2D eigenvalue weighted by Crippen LogP contribution is 2.31. The summed E-state index contributed by atoms with van der Waals surface area (Å²) in [6.45, 7) is 0. The molecule has 1 aromatic heterocycles. The monoisotopic (exact) mass is 340 g/mol. The minimum atomic E-state index is -0.490. The molecule has 0 bridgehead atoms. The number of hydrogen-bond acceptors (Lipinski definition) is 7. The molecule has 2 aromatic rings. The third-order valence-corrected chi connectivity index (χ3v) is 4.14. The van der Waals surface area contributed by atoms with E-state index in [0.717, 1.165) is 29.8 Å². The number of carbonyl (C=O) groups excluding carboxylic acids is 1. The molecule has 9 heteroatoms. The van der Waals surface area contributed by atoms with Gasteiger partial charge in [-0.25, -0.2) is 4.98 Å². The summed E-state index contributed by atoms with van der Waals surface area (Å²) in [5.74, 6) is 0.534. The van der Waals surface area contributed by atoms with Crippen LogP contribution in [0.15, 0.2) is 24.4 Å². The Morgan fingerprint density at radius 3 is 2.88 bits per heavy atom. The van der Waals surface area contributed by atoms with E-state index in [1.165, 1.54) is 6.20 Å². The van der Waals surface area contributed by atoms with Gasteiger partial charge in [-0.05, 0) is 43.0 Å². The lowest BCUT2D eigenvalue weighted by Gasteiger charge is -2.17. The summed E-state index contributed by atoms with van der Waals surface area (Å²) < 4.78 is 0. The van der Waals surface area contributed by atoms with E-state index in [4.69, 9.17) is 0 Å². The second kappa shape index (κ2) is 6.00. The van der Waals surface area contributed by atoms with E-state index in [1.807, 2.05) is 18.2 Å². The average Bonchev–Trinajstić information content (AvgIpc) is 3.39. The molecule has 0 unspecified atom stereocenters. The number of nitrogens with one attached hydrogen (secondary N) is 3. The van der Waals surface area contributed by atoms with Gasteiger partial charge < -0.3 is 16.0 Å². The van der Waals surface area contributed by atoms with Crippen molar-refractivity contribution in [2.75, 3.05) is 16.0 Å². The fourth-order valence-corrected chi connectivity index (χ4v) is 2.69. The average molecular weight is 340 g/mol. The summed E-state index contributed by atoms with van der Waals surface area (Å²) in [6.07, 6.45) is 4.31. The van der Waals surface area contributed by atoms with E-state index in [0.29, 0.717) is 12.8 Å². The number of anilines is 4. The smallest absolute Gasteiger partial charge is 0.329 e. The lowest BCUT2D eigenvalue weighted by atomic mass is 10.0. The van der Waals surface area contributed by atoms with Crippen molar-refractivity contribution in [1.29, 1.82) is 0 Å². The molecule has 128 valence electrons. The highest BCUT2D eigenvalue weighted by atomic mass is 16.6. The van der Waals surface area contributed by atoms with Crippen molar-refractivity contribution in [3.8, 4) is 0 Å². The van der Waals surface area contributed by atoms with Crippen LogP contribution in [0, 0.1) is 10.1 Å². The number of aryl methyl sites for hydroxylation is 1. The fraction of sp³-hybridized carbons (Fsp3) is 0.312. The first kappa shape index (κ1) is 15.3. The summed E-state index contributed by atoms with van der Waals surface area (Å²) in [6, 6.07) is 5.80. The molecule has 0 saturated heterocycles. The predicted octanol–water partition coefficient (Wildman–Crippen LogP) is 2.59. The predicted molar refractivity (Wildman–Crippen MR) is 92.0 cm³/mol. The molecule has 1 amide bonds. The minimum Gasteiger partial charge on any atom is -0.361 e. The molecule has 25 heavy (non-hydrogen) atoms. The summed E-state index contributed by atoms with van der Waals surface area (Å²) >= 11 is 0. The Hall–Kier alpha value is -3.23. The van der Waals surface area contributed by atoms with Crippen LogP contribution in [-0.4, -0.2) is 26.8 Å². The van der Waals surface area contributed by atoms with Gasteiger partial charge in [-0.15, -0.1) is 0 Å². The largest absolute Gasteiger partial charge is 0.361 e. The highest BCUT2D eigenvalue weighted by Gasteiger charge is 2.26. The van der Waals surface area contributed by atoms with Gasteiger partial charge in [0.2, 0.25) is 17.7 Å². The summed E-state index contributed by atoms with van der Waals surface area (Å²) in [7, 11) is 0. The third-order valence-electron chi connectivity index (χ3n) is 4.14. The van der Waals surface area contributed by atoms with E-state index < -0.39 is 4.92 Å². The van der Waals surface area contributed by atoms with E-state index in [2.05, 4.69) is 25.9 Å². The van der Waals surface area contributed by atoms with Gasteiger partial charge >= 0.3 is 5.69 Å². The molecule has 0 spiro atoms. The van der Waals surface area contributed by atoms with Gasteiger partial charge in [0.25, 0.3) is 0 Å². The van der Waals surface area contributed by atoms with Gasteiger partial charge in [-0.1, -0.05) is 0 Å². The summed E-state index contributed by atoms with van der Waals surface area (Å²) in [5.41, 5.74) is 2.47. The number of fused-ring (bicyclic) bond motifs is 1. The lowest BCUT2D eigenvalue weighted by molar-refractivity contribution is -0.384. The molecule has 1 saturated carbocycles. The van der Waals surface area contributed by atoms with Gasteiger partial charge in [0.1, 0.15) is 6.20 Å². The second-order valence-corrected chi connectivity index (χ2v) is 6.15. The van der Waals surface area contributed by atoms with Crippen molar-refractivity contribution >= 4 is 34.7 Å². The Morgan fingerprint density at radius 2 is 2.12 bits per heavy atom. The number of benzene rings is 1. The maximum absolute atomic E-state index is 11.4. The van der Waals surface area contributed by atoms with Crippen molar-refractivity contribution < 1.29 is 9.72 Å². The van der Waals surface area contributed by atoms with Crippen LogP contribution in [0.2, 0.25) is 0 Å². The molecular weight excluding hydrogens is 324 g/mol. The standard InChI is InChI=1S/C16H16N6O3/c23-14-6-1-9-7-11(4-5-12(9)20-14)19-16-17-8-13(22(24)25)15(21-16)18-10-2-3-10/h4-5,7-8,10H,1-3,6H2,(H,20,23)(H2,17,18,19,21). The van der Waals surface area contributed by atoms with Crippen LogP contribution < -0.4 is 16.0 Å². The Morgan fingerprint density at radius 1 is 1.28 bits per heavy atom. The van der Waals surface area contributed by atoms with Crippen LogP contribution in [0.5, 0.6) is 0 Å². The summed E-state index contributed by atoms with van der Waals surface area (Å²) in [4.78, 5) is 30.3. The molecule has 3 N–H and O–H groups in total. The molecule has 2 aliphatic rings. The molecule has 9 nitrogen and oxygen atoms in total. The number of carbonyl (C=O) groups is 1. The molecular formula is C16H16N6O3. The van der Waals surface area contributed by atoms with Crippen molar-refractivity contribution in [2.45, 2.75) is 31.7 Å². The van der Waals surface area contributed by atoms with E-state index >= 15 is 0 Å². The lowest BCUT2D eigenvalue weighted by Crippen LogP contribution is -2.18. The van der Waals surface area contributed by atoms with Crippen LogP contribution in [0.1, 0.15) is 24.8 Å². The maximum atomic E-state index is 11.4. The van der Waals surface area contributed by atoms with Crippen LogP contribution in [0.4, 0.5) is 28.8 Å². The quantitative estimate of drug-likeness (QED) is 0.565. The Labute approximate surface area is 143 Å². The molecule has 1 aromatic carbocycles. The zero-order valence-corrected chi connectivity index (χ0v) is 13.3. The first-order chi connectivity index (χ1) is 12.1. The van der Waals surface area contributed by atoms with E-state index in [9.17, 15) is 14.9 Å². The van der Waals surface area contributed by atoms with Crippen LogP contribution in [0.3, 0.4) is 0 Å². The van der Waals surface area contributed by atoms with Crippen molar-refractivity contribution in [1.82, 2.24) is 9.97 Å². The zero-order valence-electron chi connectivity index (χ0n) is 13.3. The molecule has 0 atom stereocenters. The highest BCUT2D eigenvalue weighted by molar-refractivity contribution is 5.94. The number of hydrogen-bond donors (Lipinski definition) is 3. The maximum Gasteiger partial charge on any atom is 0.329 e. The third kappa shape index (κ3) is 3.35. The van der Waals surface area contributed by atoms with Gasteiger partial charge in [0.15, 0.2) is 0 Å². The minimum absolute atomic E-state index is 0.0164. The topological polar surface area (TPSA) is 122 Å². The Kier molecular flexibility index (Phi) is 3.68. The van der Waals surface area contributed by atoms with Crippen LogP contribution >= 0.6 is 0 Å². The van der Waals surface area contributed by atoms with E-state index in [-0.39, 0.29) is 29.4 Å². The molecule has 4 rings (SSSR count).